The Kier molecular flexibility index (Phi) is 4.12. The number of carbonyl (C=O) groups is 1. The van der Waals surface area contributed by atoms with E-state index in [1.807, 2.05) is 0 Å². The van der Waals surface area contributed by atoms with Crippen LogP contribution in [0.2, 0.25) is 5.02 Å². The number of nitriles is 1. The second-order valence-electron chi connectivity index (χ2n) is 4.79. The topological polar surface area (TPSA) is 76.4 Å². The normalized spacial score (nSPS) is 22.5. The first-order valence-electron chi connectivity index (χ1n) is 6.01. The van der Waals surface area contributed by atoms with Crippen molar-refractivity contribution in [3.8, 4) is 11.8 Å². The molecule has 1 heterocycles. The van der Waals surface area contributed by atoms with Crippen LogP contribution in [0.15, 0.2) is 12.1 Å². The molecule has 1 aromatic carbocycles. The first kappa shape index (κ1) is 14.6. The fourth-order valence-corrected chi connectivity index (χ4v) is 2.45. The summed E-state index contributed by atoms with van der Waals surface area (Å²) in [7, 11) is 1.75. The molecule has 2 rings (SSSR count). The maximum Gasteiger partial charge on any atom is 0.229 e. The summed E-state index contributed by atoms with van der Waals surface area (Å²) in [6.07, 6.45) is 0.384. The summed E-state index contributed by atoms with van der Waals surface area (Å²) < 4.78 is 13.7. The molecule has 20 heavy (non-hydrogen) atoms. The smallest absolute Gasteiger partial charge is 0.229 e. The first-order valence-corrected chi connectivity index (χ1v) is 6.39. The number of nitrogens with one attached hydrogen (secondary N) is 1. The van der Waals surface area contributed by atoms with E-state index in [0.29, 0.717) is 13.0 Å². The fourth-order valence-electron chi connectivity index (χ4n) is 2.25. The van der Waals surface area contributed by atoms with Crippen LogP contribution in [0, 0.1) is 23.1 Å². The number of phenolic OH excluding ortho intramolecular Hbond substituents is 1. The summed E-state index contributed by atoms with van der Waals surface area (Å²) in [5, 5.41) is 20.9. The minimum Gasteiger partial charge on any atom is -0.506 e. The number of hydrogen-bond acceptors (Lipinski definition) is 4. The molecule has 1 fully saturated rings. The van der Waals surface area contributed by atoms with Crippen molar-refractivity contribution in [3.05, 3.63) is 23.0 Å². The van der Waals surface area contributed by atoms with Crippen molar-refractivity contribution in [2.24, 2.45) is 5.92 Å². The monoisotopic (exact) mass is 297 g/mol. The number of phenols is 1. The zero-order valence-corrected chi connectivity index (χ0v) is 11.5. The molecule has 0 spiro atoms. The Morgan fingerprint density at radius 3 is 2.90 bits per heavy atom. The molecule has 0 radical (unpaired) electrons. The van der Waals surface area contributed by atoms with Crippen LogP contribution >= 0.6 is 11.6 Å². The van der Waals surface area contributed by atoms with Gasteiger partial charge in [-0.3, -0.25) is 9.69 Å². The van der Waals surface area contributed by atoms with Gasteiger partial charge in [0, 0.05) is 17.6 Å². The highest BCUT2D eigenvalue weighted by atomic mass is 35.5. The molecule has 1 aliphatic heterocycles. The average Bonchev–Trinajstić information content (AvgIpc) is 2.75. The maximum atomic E-state index is 13.7. The van der Waals surface area contributed by atoms with Crippen LogP contribution in [0.1, 0.15) is 6.42 Å². The molecule has 7 heteroatoms. The van der Waals surface area contributed by atoms with Crippen LogP contribution in [-0.4, -0.2) is 35.5 Å². The Bertz CT molecular complexity index is 564. The van der Waals surface area contributed by atoms with Crippen molar-refractivity contribution in [2.45, 2.75) is 12.5 Å². The number of anilines is 1. The van der Waals surface area contributed by atoms with E-state index in [1.54, 1.807) is 11.9 Å². The van der Waals surface area contributed by atoms with Gasteiger partial charge in [-0.2, -0.15) is 5.26 Å². The molecule has 5 nitrogen and oxygen atoms in total. The summed E-state index contributed by atoms with van der Waals surface area (Å²) in [4.78, 5) is 13.8. The van der Waals surface area contributed by atoms with Crippen molar-refractivity contribution in [2.75, 3.05) is 18.9 Å². The van der Waals surface area contributed by atoms with E-state index >= 15 is 0 Å². The Morgan fingerprint density at radius 1 is 1.65 bits per heavy atom. The lowest BCUT2D eigenvalue weighted by atomic mass is 10.1. The molecule has 0 aliphatic carbocycles. The molecular weight excluding hydrogens is 285 g/mol. The second-order valence-corrected chi connectivity index (χ2v) is 5.22. The van der Waals surface area contributed by atoms with Crippen LogP contribution in [0.4, 0.5) is 10.1 Å². The molecule has 2 atom stereocenters. The zero-order valence-electron chi connectivity index (χ0n) is 10.7. The number of amides is 1. The quantitative estimate of drug-likeness (QED) is 0.818. The summed E-state index contributed by atoms with van der Waals surface area (Å²) in [6.45, 7) is 0.417. The number of rotatable bonds is 2. The van der Waals surface area contributed by atoms with Gasteiger partial charge in [0.25, 0.3) is 0 Å². The number of benzene rings is 1. The number of likely N-dealkylation sites (tertiary alicyclic amines) is 1. The van der Waals surface area contributed by atoms with E-state index in [9.17, 15) is 14.3 Å². The van der Waals surface area contributed by atoms with Gasteiger partial charge >= 0.3 is 0 Å². The van der Waals surface area contributed by atoms with Crippen molar-refractivity contribution in [1.82, 2.24) is 4.90 Å². The Labute approximate surface area is 120 Å². The lowest BCUT2D eigenvalue weighted by Crippen LogP contribution is -2.26. The lowest BCUT2D eigenvalue weighted by Gasteiger charge is -2.13. The number of hydrogen-bond donors (Lipinski definition) is 2. The van der Waals surface area contributed by atoms with Gasteiger partial charge in [-0.1, -0.05) is 11.6 Å². The molecule has 0 saturated carbocycles. The van der Waals surface area contributed by atoms with E-state index < -0.39 is 23.4 Å². The molecule has 2 unspecified atom stereocenters. The summed E-state index contributed by atoms with van der Waals surface area (Å²) >= 11 is 5.59. The summed E-state index contributed by atoms with van der Waals surface area (Å²) in [5.41, 5.74) is -0.289. The lowest BCUT2D eigenvalue weighted by molar-refractivity contribution is -0.119. The van der Waals surface area contributed by atoms with Crippen LogP contribution < -0.4 is 5.32 Å². The van der Waals surface area contributed by atoms with Crippen molar-refractivity contribution < 1.29 is 14.3 Å². The molecule has 0 bridgehead atoms. The molecule has 0 aromatic heterocycles. The van der Waals surface area contributed by atoms with Gasteiger partial charge in [-0.15, -0.1) is 0 Å². The highest BCUT2D eigenvalue weighted by molar-refractivity contribution is 6.30. The van der Waals surface area contributed by atoms with Crippen LogP contribution in [0.5, 0.6) is 5.75 Å². The third kappa shape index (κ3) is 2.84. The highest BCUT2D eigenvalue weighted by Crippen LogP contribution is 2.31. The fraction of sp³-hybridized carbons (Fsp3) is 0.385. The average molecular weight is 298 g/mol. The molecule has 106 valence electrons. The highest BCUT2D eigenvalue weighted by Gasteiger charge is 2.34. The molecule has 1 amide bonds. The van der Waals surface area contributed by atoms with Gasteiger partial charge in [0.2, 0.25) is 5.91 Å². The van der Waals surface area contributed by atoms with Gasteiger partial charge in [0.15, 0.2) is 5.82 Å². The standard InChI is InChI=1S/C13H13ClFN3O2/c1-18-6-7(2-9(18)5-16)13(20)17-12-10(15)3-8(14)4-11(12)19/h3-4,7,9,19H,2,6H2,1H3,(H,17,20). The van der Waals surface area contributed by atoms with Crippen LogP contribution in [-0.2, 0) is 4.79 Å². The number of carbonyl (C=O) groups excluding carboxylic acids is 1. The summed E-state index contributed by atoms with van der Waals surface area (Å²) in [6, 6.07) is 3.93. The first-order chi connectivity index (χ1) is 9.42. The predicted molar refractivity (Wildman–Crippen MR) is 71.8 cm³/mol. The van der Waals surface area contributed by atoms with Crippen LogP contribution in [0.3, 0.4) is 0 Å². The SMILES string of the molecule is CN1CC(C(=O)Nc2c(O)cc(Cl)cc2F)CC1C#N. The maximum absolute atomic E-state index is 13.7. The number of halogens is 2. The molecule has 2 N–H and O–H groups in total. The van der Waals surface area contributed by atoms with Crippen LogP contribution in [0.25, 0.3) is 0 Å². The van der Waals surface area contributed by atoms with E-state index in [2.05, 4.69) is 11.4 Å². The van der Waals surface area contributed by atoms with E-state index in [1.165, 1.54) is 0 Å². The predicted octanol–water partition coefficient (Wildman–Crippen LogP) is 1.97. The number of nitrogens with zero attached hydrogens (tertiary/aromatic N) is 2. The third-order valence-electron chi connectivity index (χ3n) is 3.35. The Morgan fingerprint density at radius 2 is 2.35 bits per heavy atom. The minimum absolute atomic E-state index is 0.0446. The van der Waals surface area contributed by atoms with Gasteiger partial charge in [0.05, 0.1) is 18.0 Å². The molecular formula is C13H13ClFN3O2. The zero-order chi connectivity index (χ0) is 14.9. The number of aromatic hydroxyl groups is 1. The van der Waals surface area contributed by atoms with Crippen molar-refractivity contribution in [3.63, 3.8) is 0 Å². The van der Waals surface area contributed by atoms with Gasteiger partial charge in [0.1, 0.15) is 11.4 Å². The van der Waals surface area contributed by atoms with Crippen molar-refractivity contribution >= 4 is 23.2 Å². The molecule has 1 aromatic rings. The van der Waals surface area contributed by atoms with E-state index in [4.69, 9.17) is 16.9 Å². The largest absolute Gasteiger partial charge is 0.506 e. The molecule has 1 aliphatic rings. The van der Waals surface area contributed by atoms with Gasteiger partial charge in [-0.25, -0.2) is 4.39 Å². The summed E-state index contributed by atoms with van der Waals surface area (Å²) in [5.74, 6) is -2.07. The minimum atomic E-state index is -0.800. The van der Waals surface area contributed by atoms with Crippen molar-refractivity contribution in [1.29, 1.82) is 5.26 Å². The van der Waals surface area contributed by atoms with E-state index in [0.717, 1.165) is 12.1 Å². The Hall–Kier alpha value is -1.84. The third-order valence-corrected chi connectivity index (χ3v) is 3.57. The van der Waals surface area contributed by atoms with Gasteiger partial charge < -0.3 is 10.4 Å². The molecule has 1 saturated heterocycles. The van der Waals surface area contributed by atoms with E-state index in [-0.39, 0.29) is 16.8 Å². The second kappa shape index (κ2) is 5.65. The van der Waals surface area contributed by atoms with Gasteiger partial charge in [-0.05, 0) is 19.5 Å². The Balaban J connectivity index is 2.12.